The Kier molecular flexibility index (Phi) is 6.31. The van der Waals surface area contributed by atoms with Crippen molar-refractivity contribution in [2.45, 2.75) is 27.3 Å². The van der Waals surface area contributed by atoms with Crippen LogP contribution in [-0.2, 0) is 16.1 Å². The quantitative estimate of drug-likeness (QED) is 0.479. The molecule has 3 aromatic rings. The van der Waals surface area contributed by atoms with Gasteiger partial charge in [-0.3, -0.25) is 9.59 Å². The van der Waals surface area contributed by atoms with Crippen LogP contribution in [-0.4, -0.2) is 30.4 Å². The summed E-state index contributed by atoms with van der Waals surface area (Å²) in [4.78, 5) is 30.9. The Hall–Kier alpha value is -3.86. The zero-order valence-electron chi connectivity index (χ0n) is 19.5. The predicted octanol–water partition coefficient (Wildman–Crippen LogP) is 5.12. The molecule has 0 radical (unpaired) electrons. The van der Waals surface area contributed by atoms with Gasteiger partial charge in [-0.25, -0.2) is 4.90 Å². The first-order valence-electron chi connectivity index (χ1n) is 11.1. The van der Waals surface area contributed by atoms with E-state index in [1.54, 1.807) is 7.11 Å². The summed E-state index contributed by atoms with van der Waals surface area (Å²) in [5.74, 6) is -0.0972. The highest BCUT2D eigenvalue weighted by molar-refractivity contribution is 6.45. The Bertz CT molecular complexity index is 1230. The van der Waals surface area contributed by atoms with Crippen LogP contribution in [0.2, 0.25) is 0 Å². The molecule has 3 aromatic carbocycles. The maximum absolute atomic E-state index is 13.9. The summed E-state index contributed by atoms with van der Waals surface area (Å²) in [7, 11) is 1.57. The molecule has 1 aliphatic rings. The highest BCUT2D eigenvalue weighted by Crippen LogP contribution is 2.39. The van der Waals surface area contributed by atoms with E-state index in [1.165, 1.54) is 4.90 Å². The van der Waals surface area contributed by atoms with Gasteiger partial charge in [0.2, 0.25) is 0 Å². The zero-order valence-corrected chi connectivity index (χ0v) is 19.5. The van der Waals surface area contributed by atoms with Gasteiger partial charge in [0.05, 0.1) is 18.4 Å². The molecule has 4 rings (SSSR count). The Morgan fingerprint density at radius 2 is 1.55 bits per heavy atom. The number of imide groups is 1. The maximum Gasteiger partial charge on any atom is 0.282 e. The van der Waals surface area contributed by atoms with Crippen LogP contribution in [0.25, 0.3) is 5.57 Å². The van der Waals surface area contributed by atoms with Crippen LogP contribution in [0.5, 0.6) is 5.75 Å². The van der Waals surface area contributed by atoms with Gasteiger partial charge >= 0.3 is 0 Å². The third kappa shape index (κ3) is 4.14. The Morgan fingerprint density at radius 1 is 0.848 bits per heavy atom. The highest BCUT2D eigenvalue weighted by Gasteiger charge is 2.43. The average Bonchev–Trinajstić information content (AvgIpc) is 3.09. The second-order valence-corrected chi connectivity index (χ2v) is 8.14. The van der Waals surface area contributed by atoms with E-state index in [-0.39, 0.29) is 11.8 Å². The van der Waals surface area contributed by atoms with Crippen LogP contribution >= 0.6 is 0 Å². The molecule has 0 N–H and O–H groups in total. The standard InChI is InChI=1S/C28H28N2O3/c1-5-29(18-21-11-7-6-8-12-21)26-25(23-13-9-10-14-24(23)33-4)27(31)30(28(26)32)22-16-15-19(2)20(3)17-22/h6-17H,5,18H2,1-4H3. The molecule has 2 amide bonds. The number of aryl methyl sites for hydroxylation is 2. The van der Waals surface area contributed by atoms with Crippen LogP contribution in [0, 0.1) is 13.8 Å². The summed E-state index contributed by atoms with van der Waals surface area (Å²) in [5.41, 5.74) is 5.16. The summed E-state index contributed by atoms with van der Waals surface area (Å²) in [6, 6.07) is 23.0. The van der Waals surface area contributed by atoms with E-state index in [9.17, 15) is 9.59 Å². The summed E-state index contributed by atoms with van der Waals surface area (Å²) in [6.07, 6.45) is 0. The minimum absolute atomic E-state index is 0.318. The van der Waals surface area contributed by atoms with E-state index in [1.807, 2.05) is 98.5 Å². The number of likely N-dealkylation sites (N-methyl/N-ethyl adjacent to an activating group) is 1. The van der Waals surface area contributed by atoms with Crippen molar-refractivity contribution in [1.82, 2.24) is 4.90 Å². The van der Waals surface area contributed by atoms with Crippen LogP contribution < -0.4 is 9.64 Å². The van der Waals surface area contributed by atoms with E-state index < -0.39 is 0 Å². The lowest BCUT2D eigenvalue weighted by atomic mass is 10.0. The van der Waals surface area contributed by atoms with Crippen molar-refractivity contribution in [3.05, 3.63) is 101 Å². The molecule has 1 heterocycles. The van der Waals surface area contributed by atoms with Gasteiger partial charge in [-0.05, 0) is 55.7 Å². The molecule has 5 heteroatoms. The number of para-hydroxylation sites is 1. The molecule has 5 nitrogen and oxygen atoms in total. The molecule has 0 saturated heterocycles. The molecule has 1 aliphatic heterocycles. The average molecular weight is 441 g/mol. The van der Waals surface area contributed by atoms with Crippen molar-refractivity contribution >= 4 is 23.1 Å². The van der Waals surface area contributed by atoms with Gasteiger partial charge in [0.15, 0.2) is 0 Å². The third-order valence-electron chi connectivity index (χ3n) is 6.10. The molecule has 0 fully saturated rings. The van der Waals surface area contributed by atoms with Gasteiger partial charge in [0, 0.05) is 18.7 Å². The number of ether oxygens (including phenoxy) is 1. The molecular weight excluding hydrogens is 412 g/mol. The topological polar surface area (TPSA) is 49.9 Å². The third-order valence-corrected chi connectivity index (χ3v) is 6.10. The van der Waals surface area contributed by atoms with E-state index in [0.29, 0.717) is 41.4 Å². The summed E-state index contributed by atoms with van der Waals surface area (Å²) in [5, 5.41) is 0. The van der Waals surface area contributed by atoms with Crippen molar-refractivity contribution in [2.24, 2.45) is 0 Å². The summed E-state index contributed by atoms with van der Waals surface area (Å²) < 4.78 is 5.56. The molecule has 0 bridgehead atoms. The predicted molar refractivity (Wildman–Crippen MR) is 131 cm³/mol. The molecule has 0 unspecified atom stereocenters. The summed E-state index contributed by atoms with van der Waals surface area (Å²) in [6.45, 7) is 7.07. The summed E-state index contributed by atoms with van der Waals surface area (Å²) >= 11 is 0. The largest absolute Gasteiger partial charge is 0.496 e. The highest BCUT2D eigenvalue weighted by atomic mass is 16.5. The second kappa shape index (κ2) is 9.33. The molecule has 0 aromatic heterocycles. The van der Waals surface area contributed by atoms with Crippen molar-refractivity contribution < 1.29 is 14.3 Å². The van der Waals surface area contributed by atoms with Crippen LogP contribution in [0.1, 0.15) is 29.2 Å². The Morgan fingerprint density at radius 3 is 2.21 bits per heavy atom. The van der Waals surface area contributed by atoms with Crippen LogP contribution in [0.3, 0.4) is 0 Å². The van der Waals surface area contributed by atoms with Gasteiger partial charge in [-0.2, -0.15) is 0 Å². The lowest BCUT2D eigenvalue weighted by Gasteiger charge is -2.25. The lowest BCUT2D eigenvalue weighted by Crippen LogP contribution is -2.35. The monoisotopic (exact) mass is 440 g/mol. The van der Waals surface area contributed by atoms with E-state index in [4.69, 9.17) is 4.74 Å². The molecule has 0 saturated carbocycles. The molecule has 168 valence electrons. The van der Waals surface area contributed by atoms with Crippen LogP contribution in [0.4, 0.5) is 5.69 Å². The maximum atomic E-state index is 13.9. The first kappa shape index (κ1) is 22.3. The molecule has 0 atom stereocenters. The van der Waals surface area contributed by atoms with Crippen LogP contribution in [0.15, 0.2) is 78.5 Å². The normalized spacial score (nSPS) is 13.6. The second-order valence-electron chi connectivity index (χ2n) is 8.14. The number of hydrogen-bond donors (Lipinski definition) is 0. The number of anilines is 1. The number of nitrogens with zero attached hydrogens (tertiary/aromatic N) is 2. The molecular formula is C28H28N2O3. The van der Waals surface area contributed by atoms with Crippen molar-refractivity contribution in [1.29, 1.82) is 0 Å². The van der Waals surface area contributed by atoms with Crippen molar-refractivity contribution in [3.8, 4) is 5.75 Å². The zero-order chi connectivity index (χ0) is 23.5. The number of methoxy groups -OCH3 is 1. The number of carbonyl (C=O) groups is 2. The SMILES string of the molecule is CCN(Cc1ccccc1)C1=C(c2ccccc2OC)C(=O)N(c2ccc(C)c(C)c2)C1=O. The number of hydrogen-bond acceptors (Lipinski definition) is 4. The Labute approximate surface area is 194 Å². The number of rotatable bonds is 7. The van der Waals surface area contributed by atoms with Crippen molar-refractivity contribution in [2.75, 3.05) is 18.6 Å². The van der Waals surface area contributed by atoms with E-state index in [2.05, 4.69) is 0 Å². The molecule has 33 heavy (non-hydrogen) atoms. The molecule has 0 spiro atoms. The Balaban J connectivity index is 1.88. The minimum atomic E-state index is -0.339. The minimum Gasteiger partial charge on any atom is -0.496 e. The fourth-order valence-corrected chi connectivity index (χ4v) is 4.16. The number of carbonyl (C=O) groups excluding carboxylic acids is 2. The van der Waals surface area contributed by atoms with Gasteiger partial charge in [0.1, 0.15) is 11.4 Å². The smallest absolute Gasteiger partial charge is 0.282 e. The first-order chi connectivity index (χ1) is 16.0. The van der Waals surface area contributed by atoms with Crippen molar-refractivity contribution in [3.63, 3.8) is 0 Å². The van der Waals surface area contributed by atoms with E-state index in [0.717, 1.165) is 16.7 Å². The van der Waals surface area contributed by atoms with E-state index >= 15 is 0 Å². The van der Waals surface area contributed by atoms with Gasteiger partial charge in [0.25, 0.3) is 11.8 Å². The molecule has 0 aliphatic carbocycles. The first-order valence-corrected chi connectivity index (χ1v) is 11.1. The number of benzene rings is 3. The lowest BCUT2D eigenvalue weighted by molar-refractivity contribution is -0.120. The fraction of sp³-hybridized carbons (Fsp3) is 0.214. The fourth-order valence-electron chi connectivity index (χ4n) is 4.16. The number of amides is 2. The van der Waals surface area contributed by atoms with Gasteiger partial charge in [-0.15, -0.1) is 0 Å². The van der Waals surface area contributed by atoms with Gasteiger partial charge < -0.3 is 9.64 Å². The van der Waals surface area contributed by atoms with Gasteiger partial charge in [-0.1, -0.05) is 54.6 Å².